The molecule has 2 aromatic carbocycles. The lowest BCUT2D eigenvalue weighted by Gasteiger charge is -2.14. The Morgan fingerprint density at radius 2 is 1.69 bits per heavy atom. The lowest BCUT2D eigenvalue weighted by molar-refractivity contribution is 0.274. The van der Waals surface area contributed by atoms with Crippen LogP contribution in [0.1, 0.15) is 30.7 Å². The highest BCUT2D eigenvalue weighted by molar-refractivity contribution is 5.82. The molecule has 0 fully saturated rings. The molecule has 5 heteroatoms. The van der Waals surface area contributed by atoms with Crippen molar-refractivity contribution in [2.24, 2.45) is 0 Å². The Labute approximate surface area is 171 Å². The van der Waals surface area contributed by atoms with E-state index in [1.165, 1.54) is 11.1 Å². The first-order chi connectivity index (χ1) is 14.3. The Kier molecular flexibility index (Phi) is 5.77. The molecule has 0 unspecified atom stereocenters. The number of anilines is 2. The summed E-state index contributed by atoms with van der Waals surface area (Å²) < 4.78 is 0. The van der Waals surface area contributed by atoms with Gasteiger partial charge >= 0.3 is 0 Å². The van der Waals surface area contributed by atoms with Gasteiger partial charge in [0, 0.05) is 30.6 Å². The molecule has 29 heavy (non-hydrogen) atoms. The SMILES string of the molecule is CC.c1ccc(CN2Cc3ncnc(Nc4cnc5ccccc5c4)c3C2)cc1. The van der Waals surface area contributed by atoms with Crippen LogP contribution in [-0.2, 0) is 19.6 Å². The van der Waals surface area contributed by atoms with Gasteiger partial charge in [-0.15, -0.1) is 0 Å². The van der Waals surface area contributed by atoms with Crippen LogP contribution in [0.15, 0.2) is 73.2 Å². The third kappa shape index (κ3) is 4.25. The summed E-state index contributed by atoms with van der Waals surface area (Å²) in [5.74, 6) is 0.868. The predicted octanol–water partition coefficient (Wildman–Crippen LogP) is 5.31. The minimum atomic E-state index is 0.842. The van der Waals surface area contributed by atoms with E-state index in [0.717, 1.165) is 47.7 Å². The number of para-hydroxylation sites is 1. The van der Waals surface area contributed by atoms with Gasteiger partial charge in [0.05, 0.1) is 23.1 Å². The molecule has 0 radical (unpaired) electrons. The van der Waals surface area contributed by atoms with E-state index in [1.54, 1.807) is 6.33 Å². The van der Waals surface area contributed by atoms with Crippen LogP contribution in [0.4, 0.5) is 11.5 Å². The van der Waals surface area contributed by atoms with E-state index in [2.05, 4.69) is 61.6 Å². The number of aromatic nitrogens is 3. The van der Waals surface area contributed by atoms with E-state index < -0.39 is 0 Å². The van der Waals surface area contributed by atoms with Gasteiger partial charge in [-0.25, -0.2) is 9.97 Å². The number of nitrogens with zero attached hydrogens (tertiary/aromatic N) is 4. The Bertz CT molecular complexity index is 1090. The molecule has 3 heterocycles. The standard InChI is InChI=1S/C22H19N5.C2H6/c1-2-6-16(7-3-1)12-27-13-19-21(14-27)24-15-25-22(19)26-18-10-17-8-4-5-9-20(17)23-11-18;1-2/h1-11,15H,12-14H2,(H,24,25,26);1-2H3. The fourth-order valence-electron chi connectivity index (χ4n) is 3.58. The van der Waals surface area contributed by atoms with E-state index in [4.69, 9.17) is 0 Å². The minimum absolute atomic E-state index is 0.842. The van der Waals surface area contributed by atoms with E-state index in [0.29, 0.717) is 0 Å². The molecule has 4 aromatic rings. The molecule has 5 nitrogen and oxygen atoms in total. The van der Waals surface area contributed by atoms with Crippen molar-refractivity contribution in [2.45, 2.75) is 33.5 Å². The second-order valence-corrected chi connectivity index (χ2v) is 6.82. The summed E-state index contributed by atoms with van der Waals surface area (Å²) in [6.07, 6.45) is 3.50. The monoisotopic (exact) mass is 383 g/mol. The maximum absolute atomic E-state index is 4.53. The van der Waals surface area contributed by atoms with Crippen LogP contribution in [0.2, 0.25) is 0 Å². The van der Waals surface area contributed by atoms with Crippen LogP contribution in [0, 0.1) is 0 Å². The Balaban J connectivity index is 0.000000994. The summed E-state index contributed by atoms with van der Waals surface area (Å²) in [6.45, 7) is 6.60. The van der Waals surface area contributed by atoms with Crippen molar-refractivity contribution in [3.05, 3.63) is 90.0 Å². The van der Waals surface area contributed by atoms with Crippen molar-refractivity contribution in [3.8, 4) is 0 Å². The molecule has 1 N–H and O–H groups in total. The number of pyridine rings is 1. The molecule has 146 valence electrons. The van der Waals surface area contributed by atoms with Gasteiger partial charge in [-0.05, 0) is 17.7 Å². The third-order valence-electron chi connectivity index (χ3n) is 4.89. The van der Waals surface area contributed by atoms with Gasteiger partial charge in [0.15, 0.2) is 0 Å². The highest BCUT2D eigenvalue weighted by Gasteiger charge is 2.24. The summed E-state index contributed by atoms with van der Waals surface area (Å²) >= 11 is 0. The van der Waals surface area contributed by atoms with Crippen molar-refractivity contribution < 1.29 is 0 Å². The summed E-state index contributed by atoms with van der Waals surface area (Å²) in [7, 11) is 0. The number of hydrogen-bond donors (Lipinski definition) is 1. The van der Waals surface area contributed by atoms with E-state index in [9.17, 15) is 0 Å². The van der Waals surface area contributed by atoms with Crippen LogP contribution in [-0.4, -0.2) is 19.9 Å². The summed E-state index contributed by atoms with van der Waals surface area (Å²) in [6, 6.07) is 20.8. The number of fused-ring (bicyclic) bond motifs is 2. The first-order valence-electron chi connectivity index (χ1n) is 10.1. The van der Waals surface area contributed by atoms with Crippen LogP contribution in [0.5, 0.6) is 0 Å². The van der Waals surface area contributed by atoms with Crippen molar-refractivity contribution >= 4 is 22.4 Å². The van der Waals surface area contributed by atoms with Crippen LogP contribution < -0.4 is 5.32 Å². The summed E-state index contributed by atoms with van der Waals surface area (Å²) in [4.78, 5) is 15.9. The van der Waals surface area contributed by atoms with Gasteiger partial charge in [-0.1, -0.05) is 62.4 Å². The normalized spacial score (nSPS) is 12.9. The van der Waals surface area contributed by atoms with Crippen LogP contribution in [0.3, 0.4) is 0 Å². The van der Waals surface area contributed by atoms with Gasteiger partial charge in [0.25, 0.3) is 0 Å². The zero-order valence-corrected chi connectivity index (χ0v) is 16.8. The highest BCUT2D eigenvalue weighted by Crippen LogP contribution is 2.29. The summed E-state index contributed by atoms with van der Waals surface area (Å²) in [5, 5.41) is 4.55. The zero-order valence-electron chi connectivity index (χ0n) is 16.8. The zero-order chi connectivity index (χ0) is 20.1. The molecule has 0 spiro atoms. The predicted molar refractivity (Wildman–Crippen MR) is 118 cm³/mol. The number of benzene rings is 2. The molecule has 0 saturated heterocycles. The topological polar surface area (TPSA) is 53.9 Å². The lowest BCUT2D eigenvalue weighted by atomic mass is 10.2. The average Bonchev–Trinajstić information content (AvgIpc) is 3.19. The van der Waals surface area contributed by atoms with Gasteiger partial charge in [0.2, 0.25) is 0 Å². The lowest BCUT2D eigenvalue weighted by Crippen LogP contribution is -2.15. The van der Waals surface area contributed by atoms with Crippen molar-refractivity contribution in [3.63, 3.8) is 0 Å². The van der Waals surface area contributed by atoms with Gasteiger partial charge in [-0.3, -0.25) is 9.88 Å². The van der Waals surface area contributed by atoms with Gasteiger partial charge < -0.3 is 5.32 Å². The maximum Gasteiger partial charge on any atom is 0.138 e. The molecule has 0 amide bonds. The number of rotatable bonds is 4. The quantitative estimate of drug-likeness (QED) is 0.517. The highest BCUT2D eigenvalue weighted by atomic mass is 15.2. The Morgan fingerprint density at radius 3 is 2.55 bits per heavy atom. The Hall–Kier alpha value is -3.31. The number of hydrogen-bond acceptors (Lipinski definition) is 5. The molecule has 0 aliphatic carbocycles. The van der Waals surface area contributed by atoms with Gasteiger partial charge in [0.1, 0.15) is 12.1 Å². The molecule has 5 rings (SSSR count). The molecular formula is C24H25N5. The average molecular weight is 383 g/mol. The van der Waals surface area contributed by atoms with Crippen LogP contribution >= 0.6 is 0 Å². The molecule has 0 saturated carbocycles. The smallest absolute Gasteiger partial charge is 0.138 e. The fraction of sp³-hybridized carbons (Fsp3) is 0.208. The summed E-state index contributed by atoms with van der Waals surface area (Å²) in [5.41, 5.74) is 5.51. The first kappa shape index (κ1) is 19.0. The number of nitrogens with one attached hydrogen (secondary N) is 1. The fourth-order valence-corrected chi connectivity index (χ4v) is 3.58. The van der Waals surface area contributed by atoms with E-state index in [1.807, 2.05) is 44.3 Å². The molecular weight excluding hydrogens is 358 g/mol. The van der Waals surface area contributed by atoms with E-state index in [-0.39, 0.29) is 0 Å². The van der Waals surface area contributed by atoms with Crippen molar-refractivity contribution in [1.29, 1.82) is 0 Å². The van der Waals surface area contributed by atoms with E-state index >= 15 is 0 Å². The molecule has 0 bridgehead atoms. The van der Waals surface area contributed by atoms with Gasteiger partial charge in [-0.2, -0.15) is 0 Å². The Morgan fingerprint density at radius 1 is 0.897 bits per heavy atom. The molecule has 1 aliphatic heterocycles. The first-order valence-corrected chi connectivity index (χ1v) is 10.1. The second-order valence-electron chi connectivity index (χ2n) is 6.82. The maximum atomic E-state index is 4.53. The molecule has 0 atom stereocenters. The minimum Gasteiger partial charge on any atom is -0.339 e. The molecule has 1 aliphatic rings. The van der Waals surface area contributed by atoms with Crippen LogP contribution in [0.25, 0.3) is 10.9 Å². The second kappa shape index (κ2) is 8.80. The van der Waals surface area contributed by atoms with Crippen molar-refractivity contribution in [1.82, 2.24) is 19.9 Å². The third-order valence-corrected chi connectivity index (χ3v) is 4.89. The largest absolute Gasteiger partial charge is 0.339 e. The molecule has 2 aromatic heterocycles. The van der Waals surface area contributed by atoms with Crippen molar-refractivity contribution in [2.75, 3.05) is 5.32 Å².